The summed E-state index contributed by atoms with van der Waals surface area (Å²) in [5, 5.41) is 12.6. The predicted molar refractivity (Wildman–Crippen MR) is 135 cm³/mol. The van der Waals surface area contributed by atoms with Crippen molar-refractivity contribution in [3.63, 3.8) is 0 Å². The lowest BCUT2D eigenvalue weighted by atomic mass is 9.81. The maximum absolute atomic E-state index is 13.5. The van der Waals surface area contributed by atoms with Crippen molar-refractivity contribution in [2.75, 3.05) is 13.7 Å². The van der Waals surface area contributed by atoms with Gasteiger partial charge in [-0.1, -0.05) is 44.0 Å². The number of nitro benzene ring substituents is 1. The van der Waals surface area contributed by atoms with Crippen LogP contribution < -0.4 is 4.74 Å². The molecule has 4 rings (SSSR count). The molecule has 0 unspecified atom stereocenters. The number of nitrogens with zero attached hydrogens (tertiary/aromatic N) is 3. The topological polar surface area (TPSA) is 127 Å². The zero-order valence-corrected chi connectivity index (χ0v) is 22.2. The highest BCUT2D eigenvalue weighted by molar-refractivity contribution is 9.12. The summed E-state index contributed by atoms with van der Waals surface area (Å²) in [5.74, 6) is -3.25. The van der Waals surface area contributed by atoms with Gasteiger partial charge in [-0.05, 0) is 37.1 Å². The molecule has 2 aromatic rings. The van der Waals surface area contributed by atoms with Crippen LogP contribution in [0.25, 0.3) is 0 Å². The number of ether oxygens (including phenoxy) is 1. The molecule has 3 amide bonds. The second kappa shape index (κ2) is 10.5. The highest BCUT2D eigenvalue weighted by Crippen LogP contribution is 2.43. The van der Waals surface area contributed by atoms with E-state index in [2.05, 4.69) is 31.9 Å². The summed E-state index contributed by atoms with van der Waals surface area (Å²) < 4.78 is 5.16. The van der Waals surface area contributed by atoms with E-state index in [4.69, 9.17) is 4.74 Å². The molecular weight excluding hydrogens is 602 g/mol. The molecule has 1 saturated carbocycles. The van der Waals surface area contributed by atoms with E-state index in [-0.39, 0.29) is 26.5 Å². The summed E-state index contributed by atoms with van der Waals surface area (Å²) in [6.45, 7) is -0.588. The van der Waals surface area contributed by atoms with E-state index in [0.717, 1.165) is 22.2 Å². The Balaban J connectivity index is 1.70. The van der Waals surface area contributed by atoms with Crippen LogP contribution in [0.1, 0.15) is 33.6 Å². The summed E-state index contributed by atoms with van der Waals surface area (Å²) in [5.41, 5.74) is -0.00344. The normalized spacial score (nSPS) is 23.2. The molecule has 2 aromatic carbocycles. The van der Waals surface area contributed by atoms with Gasteiger partial charge in [-0.2, -0.15) is 5.01 Å². The number of carbonyl (C=O) groups excluding carboxylic acids is 4. The van der Waals surface area contributed by atoms with Crippen LogP contribution in [0, 0.1) is 22.0 Å². The Morgan fingerprint density at radius 2 is 1.61 bits per heavy atom. The minimum atomic E-state index is -0.799. The molecule has 1 heterocycles. The number of rotatable bonds is 7. The van der Waals surface area contributed by atoms with Gasteiger partial charge in [0.1, 0.15) is 12.3 Å². The number of hydrogen-bond acceptors (Lipinski definition) is 7. The maximum Gasteiger partial charge on any atom is 0.273 e. The van der Waals surface area contributed by atoms with E-state index in [1.165, 1.54) is 31.4 Å². The lowest BCUT2D eigenvalue weighted by Gasteiger charge is -2.30. The summed E-state index contributed by atoms with van der Waals surface area (Å²) in [7, 11) is 1.45. The van der Waals surface area contributed by atoms with Gasteiger partial charge in [0.25, 0.3) is 23.4 Å². The lowest BCUT2D eigenvalue weighted by Crippen LogP contribution is -2.52. The average molecular weight is 623 g/mol. The molecule has 10 nitrogen and oxygen atoms in total. The number of carbonyl (C=O) groups is 4. The smallest absolute Gasteiger partial charge is 0.273 e. The molecule has 188 valence electrons. The number of methoxy groups -OCH3 is 1. The van der Waals surface area contributed by atoms with Crippen LogP contribution in [-0.2, 0) is 9.59 Å². The minimum Gasteiger partial charge on any atom is -0.497 e. The van der Waals surface area contributed by atoms with Crippen LogP contribution in [0.5, 0.6) is 5.75 Å². The van der Waals surface area contributed by atoms with Crippen molar-refractivity contribution >= 4 is 61.1 Å². The first-order valence-electron chi connectivity index (χ1n) is 11.0. The fourth-order valence-electron chi connectivity index (χ4n) is 4.45. The van der Waals surface area contributed by atoms with Crippen molar-refractivity contribution in [2.45, 2.75) is 22.5 Å². The third-order valence-corrected chi connectivity index (χ3v) is 9.11. The monoisotopic (exact) mass is 621 g/mol. The van der Waals surface area contributed by atoms with Crippen LogP contribution in [0.4, 0.5) is 5.69 Å². The van der Waals surface area contributed by atoms with Crippen molar-refractivity contribution in [2.24, 2.45) is 11.8 Å². The fraction of sp³-hybridized carbons (Fsp3) is 0.333. The molecule has 2 aliphatic rings. The molecule has 12 heteroatoms. The predicted octanol–water partition coefficient (Wildman–Crippen LogP) is 3.77. The molecule has 36 heavy (non-hydrogen) atoms. The first-order chi connectivity index (χ1) is 17.1. The standard InChI is InChI=1S/C24H21Br2N3O7/c1-36-16-4-2-3-14(9-16)21(30)12-27(22(31)13-5-7-15(8-6-13)29(34)35)28-23(32)17-10-19(25)20(26)11-18(17)24(28)33/h2-9,17-20H,10-12H2,1H3/t17-,18-,19+,20+/m1/s1. The largest absolute Gasteiger partial charge is 0.497 e. The average Bonchev–Trinajstić information content (AvgIpc) is 3.11. The Bertz CT molecular complexity index is 1210. The summed E-state index contributed by atoms with van der Waals surface area (Å²) >= 11 is 7.07. The zero-order chi connectivity index (χ0) is 26.1. The highest BCUT2D eigenvalue weighted by Gasteiger charge is 2.54. The van der Waals surface area contributed by atoms with Crippen molar-refractivity contribution in [1.29, 1.82) is 0 Å². The number of non-ortho nitro benzene ring substituents is 1. The molecule has 0 aromatic heterocycles. The SMILES string of the molecule is COc1cccc(C(=O)CN(C(=O)c2ccc([N+](=O)[O-])cc2)N2C(=O)[C@@H]3C[C@H](Br)[C@@H](Br)C[C@H]3C2=O)c1. The van der Waals surface area contributed by atoms with E-state index < -0.39 is 46.8 Å². The highest BCUT2D eigenvalue weighted by atomic mass is 79.9. The van der Waals surface area contributed by atoms with Crippen LogP contribution in [0.3, 0.4) is 0 Å². The molecule has 1 aliphatic carbocycles. The number of Topliss-reactive ketones (excluding diaryl/α,β-unsaturated/α-hetero) is 1. The number of alkyl halides is 2. The molecule has 0 spiro atoms. The van der Waals surface area contributed by atoms with Crippen molar-refractivity contribution in [3.05, 3.63) is 69.8 Å². The van der Waals surface area contributed by atoms with Gasteiger partial charge in [0.05, 0.1) is 23.9 Å². The number of hydrazine groups is 1. The van der Waals surface area contributed by atoms with Gasteiger partial charge in [0.15, 0.2) is 5.78 Å². The van der Waals surface area contributed by atoms with E-state index in [9.17, 15) is 29.3 Å². The maximum atomic E-state index is 13.5. The van der Waals surface area contributed by atoms with Crippen LogP contribution in [-0.4, -0.2) is 61.8 Å². The summed E-state index contributed by atoms with van der Waals surface area (Å²) in [6, 6.07) is 11.0. The van der Waals surface area contributed by atoms with Gasteiger partial charge in [-0.3, -0.25) is 29.3 Å². The van der Waals surface area contributed by atoms with Gasteiger partial charge < -0.3 is 4.74 Å². The lowest BCUT2D eigenvalue weighted by molar-refractivity contribution is -0.384. The van der Waals surface area contributed by atoms with Crippen LogP contribution >= 0.6 is 31.9 Å². The third kappa shape index (κ3) is 4.92. The summed E-state index contributed by atoms with van der Waals surface area (Å²) in [4.78, 5) is 63.9. The molecule has 0 radical (unpaired) electrons. The Kier molecular flexibility index (Phi) is 7.55. The van der Waals surface area contributed by atoms with Gasteiger partial charge in [0, 0.05) is 32.9 Å². The Morgan fingerprint density at radius 1 is 1.03 bits per heavy atom. The number of imide groups is 1. The van der Waals surface area contributed by atoms with Crippen LogP contribution in [0.15, 0.2) is 48.5 Å². The molecular formula is C24H21Br2N3O7. The number of amides is 3. The number of halogens is 2. The van der Waals surface area contributed by atoms with Gasteiger partial charge >= 0.3 is 0 Å². The Morgan fingerprint density at radius 3 is 2.14 bits per heavy atom. The van der Waals surface area contributed by atoms with Gasteiger partial charge in [-0.15, -0.1) is 0 Å². The minimum absolute atomic E-state index is 0.00810. The van der Waals surface area contributed by atoms with Crippen molar-refractivity contribution in [1.82, 2.24) is 10.0 Å². The molecule has 0 N–H and O–H groups in total. The number of fused-ring (bicyclic) bond motifs is 1. The first kappa shape index (κ1) is 26.0. The summed E-state index contributed by atoms with van der Waals surface area (Å²) in [6.07, 6.45) is 0.788. The van der Waals surface area contributed by atoms with Gasteiger partial charge in [0.2, 0.25) is 0 Å². The molecule has 4 atom stereocenters. The van der Waals surface area contributed by atoms with E-state index in [0.29, 0.717) is 18.6 Å². The van der Waals surface area contributed by atoms with Crippen molar-refractivity contribution < 1.29 is 28.8 Å². The Labute approximate surface area is 222 Å². The second-order valence-corrected chi connectivity index (χ2v) is 10.9. The number of nitro groups is 1. The van der Waals surface area contributed by atoms with E-state index in [1.807, 2.05) is 0 Å². The van der Waals surface area contributed by atoms with Crippen molar-refractivity contribution in [3.8, 4) is 5.75 Å². The molecule has 0 bridgehead atoms. The number of benzene rings is 2. The quantitative estimate of drug-likeness (QED) is 0.151. The molecule has 2 fully saturated rings. The molecule has 1 saturated heterocycles. The second-order valence-electron chi connectivity index (χ2n) is 8.53. The number of hydrogen-bond donors (Lipinski definition) is 0. The third-order valence-electron chi connectivity index (χ3n) is 6.37. The number of ketones is 1. The fourth-order valence-corrected chi connectivity index (χ4v) is 5.68. The molecule has 1 aliphatic heterocycles. The van der Waals surface area contributed by atoms with Gasteiger partial charge in [-0.25, -0.2) is 5.01 Å². The Hall–Kier alpha value is -3.12. The van der Waals surface area contributed by atoms with E-state index >= 15 is 0 Å². The zero-order valence-electron chi connectivity index (χ0n) is 19.0. The first-order valence-corrected chi connectivity index (χ1v) is 12.8. The van der Waals surface area contributed by atoms with E-state index in [1.54, 1.807) is 12.1 Å². The van der Waals surface area contributed by atoms with Crippen LogP contribution in [0.2, 0.25) is 0 Å².